The first-order valence-corrected chi connectivity index (χ1v) is 7.70. The van der Waals surface area contributed by atoms with Crippen LogP contribution in [-0.2, 0) is 11.3 Å². The van der Waals surface area contributed by atoms with Crippen LogP contribution in [0.3, 0.4) is 0 Å². The Kier molecular flexibility index (Phi) is 4.50. The van der Waals surface area contributed by atoms with Crippen molar-refractivity contribution in [3.63, 3.8) is 0 Å². The summed E-state index contributed by atoms with van der Waals surface area (Å²) < 4.78 is 9.99. The molecule has 0 unspecified atom stereocenters. The second-order valence-corrected chi connectivity index (χ2v) is 5.80. The van der Waals surface area contributed by atoms with E-state index >= 15 is 0 Å². The molecule has 126 valence electrons. The molecule has 0 atom stereocenters. The lowest BCUT2D eigenvalue weighted by Crippen LogP contribution is -2.55. The summed E-state index contributed by atoms with van der Waals surface area (Å²) in [5.41, 5.74) is 1.28. The van der Waals surface area contributed by atoms with Crippen LogP contribution < -0.4 is 10.1 Å². The number of nitrogens with one attached hydrogen (secondary N) is 1. The molecule has 1 fully saturated rings. The average molecular weight is 329 g/mol. The van der Waals surface area contributed by atoms with E-state index in [0.717, 1.165) is 11.3 Å². The van der Waals surface area contributed by atoms with Crippen LogP contribution in [0.25, 0.3) is 0 Å². The number of rotatable bonds is 5. The smallest absolute Gasteiger partial charge is 0.276 e. The van der Waals surface area contributed by atoms with Crippen molar-refractivity contribution in [1.29, 1.82) is 0 Å². The number of carbonyl (C=O) groups is 2. The fourth-order valence-corrected chi connectivity index (χ4v) is 2.52. The number of ether oxygens (including phenoxy) is 1. The summed E-state index contributed by atoms with van der Waals surface area (Å²) in [6.45, 7) is 2.99. The summed E-state index contributed by atoms with van der Waals surface area (Å²) in [4.78, 5) is 25.8. The van der Waals surface area contributed by atoms with Gasteiger partial charge in [-0.25, -0.2) is 0 Å². The van der Waals surface area contributed by atoms with Gasteiger partial charge in [0.1, 0.15) is 11.5 Å². The predicted octanol–water partition coefficient (Wildman–Crippen LogP) is 1.38. The van der Waals surface area contributed by atoms with Crippen LogP contribution >= 0.6 is 0 Å². The van der Waals surface area contributed by atoms with Crippen molar-refractivity contribution in [3.05, 3.63) is 47.3 Å². The number of aryl methyl sites for hydroxylation is 1. The van der Waals surface area contributed by atoms with Gasteiger partial charge in [0, 0.05) is 25.7 Å². The summed E-state index contributed by atoms with van der Waals surface area (Å²) in [7, 11) is 1.61. The van der Waals surface area contributed by atoms with Gasteiger partial charge in [-0.15, -0.1) is 0 Å². The lowest BCUT2D eigenvalue weighted by Gasteiger charge is -2.37. The van der Waals surface area contributed by atoms with E-state index in [9.17, 15) is 9.59 Å². The highest BCUT2D eigenvalue weighted by atomic mass is 16.5. The van der Waals surface area contributed by atoms with Crippen molar-refractivity contribution < 1.29 is 18.8 Å². The molecule has 2 heterocycles. The first-order valence-electron chi connectivity index (χ1n) is 7.70. The van der Waals surface area contributed by atoms with Crippen molar-refractivity contribution in [2.75, 3.05) is 20.2 Å². The summed E-state index contributed by atoms with van der Waals surface area (Å²) in [6.07, 6.45) is 0. The maximum absolute atomic E-state index is 12.1. The standard InChI is InChI=1S/C17H19N3O4/c1-11-7-15(19-24-11)17(22)20-9-13(10-20)16(21)18-8-12-3-5-14(23-2)6-4-12/h3-7,13H,8-10H2,1-2H3,(H,18,21). The van der Waals surface area contributed by atoms with Gasteiger partial charge in [-0.05, 0) is 24.6 Å². The van der Waals surface area contributed by atoms with Crippen molar-refractivity contribution >= 4 is 11.8 Å². The number of hydrogen-bond acceptors (Lipinski definition) is 5. The van der Waals surface area contributed by atoms with Crippen molar-refractivity contribution in [2.24, 2.45) is 5.92 Å². The minimum atomic E-state index is -0.203. The summed E-state index contributed by atoms with van der Waals surface area (Å²) in [5, 5.41) is 6.59. The number of nitrogens with zero attached hydrogens (tertiary/aromatic N) is 2. The summed E-state index contributed by atoms with van der Waals surface area (Å²) in [5.74, 6) is 0.937. The van der Waals surface area contributed by atoms with Gasteiger partial charge in [-0.1, -0.05) is 17.3 Å². The third kappa shape index (κ3) is 3.40. The number of hydrogen-bond donors (Lipinski definition) is 1. The molecule has 3 rings (SSSR count). The number of aromatic nitrogens is 1. The second kappa shape index (κ2) is 6.74. The monoisotopic (exact) mass is 329 g/mol. The third-order valence-corrected chi connectivity index (χ3v) is 4.01. The summed E-state index contributed by atoms with van der Waals surface area (Å²) >= 11 is 0. The Balaban J connectivity index is 1.45. The van der Waals surface area contributed by atoms with Gasteiger partial charge in [0.25, 0.3) is 5.91 Å². The van der Waals surface area contributed by atoms with Gasteiger partial charge in [-0.3, -0.25) is 9.59 Å². The first-order chi connectivity index (χ1) is 11.6. The van der Waals surface area contributed by atoms with Crippen LogP contribution in [0, 0.1) is 12.8 Å². The molecule has 0 saturated carbocycles. The Morgan fingerprint density at radius 3 is 2.62 bits per heavy atom. The Morgan fingerprint density at radius 2 is 2.04 bits per heavy atom. The predicted molar refractivity (Wildman–Crippen MR) is 85.5 cm³/mol. The summed E-state index contributed by atoms with van der Waals surface area (Å²) in [6, 6.07) is 9.11. The fourth-order valence-electron chi connectivity index (χ4n) is 2.52. The number of likely N-dealkylation sites (tertiary alicyclic amines) is 1. The Labute approximate surface area is 139 Å². The highest BCUT2D eigenvalue weighted by molar-refractivity contribution is 5.94. The quantitative estimate of drug-likeness (QED) is 0.896. The Morgan fingerprint density at radius 1 is 1.33 bits per heavy atom. The Bertz CT molecular complexity index is 733. The highest BCUT2D eigenvalue weighted by Crippen LogP contribution is 2.19. The molecule has 2 aromatic rings. The number of carbonyl (C=O) groups excluding carboxylic acids is 2. The van der Waals surface area contributed by atoms with E-state index in [1.54, 1.807) is 25.0 Å². The highest BCUT2D eigenvalue weighted by Gasteiger charge is 2.36. The Hall–Kier alpha value is -2.83. The molecule has 7 nitrogen and oxygen atoms in total. The van der Waals surface area contributed by atoms with E-state index in [-0.39, 0.29) is 23.4 Å². The van der Waals surface area contributed by atoms with Crippen LogP contribution in [0.15, 0.2) is 34.9 Å². The molecule has 0 bridgehead atoms. The van der Waals surface area contributed by atoms with E-state index in [4.69, 9.17) is 9.26 Å². The van der Waals surface area contributed by atoms with Crippen molar-refractivity contribution in [2.45, 2.75) is 13.5 Å². The molecule has 24 heavy (non-hydrogen) atoms. The molecule has 1 aromatic carbocycles. The first kappa shape index (κ1) is 16.0. The van der Waals surface area contributed by atoms with Gasteiger partial charge in [0.2, 0.25) is 5.91 Å². The van der Waals surface area contributed by atoms with Crippen LogP contribution in [-0.4, -0.2) is 42.1 Å². The lowest BCUT2D eigenvalue weighted by atomic mass is 9.98. The molecular weight excluding hydrogens is 310 g/mol. The van der Waals surface area contributed by atoms with Crippen LogP contribution in [0.4, 0.5) is 0 Å². The molecule has 1 aromatic heterocycles. The molecule has 2 amide bonds. The zero-order chi connectivity index (χ0) is 17.1. The number of methoxy groups -OCH3 is 1. The number of amides is 2. The second-order valence-electron chi connectivity index (χ2n) is 5.80. The van der Waals surface area contributed by atoms with Gasteiger partial charge in [0.15, 0.2) is 5.69 Å². The lowest BCUT2D eigenvalue weighted by molar-refractivity contribution is -0.129. The number of benzene rings is 1. The molecule has 0 aliphatic carbocycles. The fraction of sp³-hybridized carbons (Fsp3) is 0.353. The maximum atomic E-state index is 12.1. The average Bonchev–Trinajstić information content (AvgIpc) is 2.98. The van der Waals surface area contributed by atoms with Crippen LogP contribution in [0.1, 0.15) is 21.8 Å². The zero-order valence-corrected chi connectivity index (χ0v) is 13.6. The van der Waals surface area contributed by atoms with E-state index in [1.807, 2.05) is 24.3 Å². The van der Waals surface area contributed by atoms with Crippen LogP contribution in [0.5, 0.6) is 5.75 Å². The molecule has 0 spiro atoms. The molecule has 0 radical (unpaired) electrons. The minimum Gasteiger partial charge on any atom is -0.497 e. The third-order valence-electron chi connectivity index (χ3n) is 4.01. The van der Waals surface area contributed by atoms with Gasteiger partial charge < -0.3 is 19.5 Å². The topological polar surface area (TPSA) is 84.7 Å². The van der Waals surface area contributed by atoms with E-state index in [1.165, 1.54) is 0 Å². The molecule has 7 heteroatoms. The van der Waals surface area contributed by atoms with E-state index in [2.05, 4.69) is 10.5 Å². The van der Waals surface area contributed by atoms with Gasteiger partial charge in [0.05, 0.1) is 13.0 Å². The molecular formula is C17H19N3O4. The van der Waals surface area contributed by atoms with Gasteiger partial charge in [-0.2, -0.15) is 0 Å². The SMILES string of the molecule is COc1ccc(CNC(=O)C2CN(C(=O)c3cc(C)on3)C2)cc1. The van der Waals surface area contributed by atoms with Crippen molar-refractivity contribution in [3.8, 4) is 5.75 Å². The minimum absolute atomic E-state index is 0.0498. The van der Waals surface area contributed by atoms with E-state index in [0.29, 0.717) is 25.4 Å². The molecule has 1 aliphatic heterocycles. The maximum Gasteiger partial charge on any atom is 0.276 e. The molecule has 1 N–H and O–H groups in total. The normalized spacial score (nSPS) is 14.2. The van der Waals surface area contributed by atoms with Crippen LogP contribution in [0.2, 0.25) is 0 Å². The largest absolute Gasteiger partial charge is 0.497 e. The van der Waals surface area contributed by atoms with Crippen molar-refractivity contribution in [1.82, 2.24) is 15.4 Å². The van der Waals surface area contributed by atoms with E-state index < -0.39 is 0 Å². The zero-order valence-electron chi connectivity index (χ0n) is 13.6. The van der Waals surface area contributed by atoms with Gasteiger partial charge >= 0.3 is 0 Å². The molecule has 1 saturated heterocycles. The molecule has 1 aliphatic rings.